The fraction of sp³-hybridized carbons (Fsp3) is 0.429. The molecular formula is C14H18N2O3. The molecule has 0 aromatic heterocycles. The number of carbonyl (C=O) groups excluding carboxylic acids is 1. The average Bonchev–Trinajstić information content (AvgIpc) is 2.80. The van der Waals surface area contributed by atoms with Gasteiger partial charge in [-0.15, -0.1) is 0 Å². The topological polar surface area (TPSA) is 51.1 Å². The van der Waals surface area contributed by atoms with E-state index in [0.29, 0.717) is 11.5 Å². The SMILES string of the molecule is COc1ccc([C@@H]2CC(C)=NN2C(C)=O)cc1OC. The minimum Gasteiger partial charge on any atom is -0.493 e. The van der Waals surface area contributed by atoms with Crippen molar-refractivity contribution in [1.82, 2.24) is 5.01 Å². The Bertz CT molecular complexity index is 525. The number of benzene rings is 1. The maximum absolute atomic E-state index is 11.6. The quantitative estimate of drug-likeness (QED) is 0.840. The highest BCUT2D eigenvalue weighted by molar-refractivity contribution is 5.87. The summed E-state index contributed by atoms with van der Waals surface area (Å²) >= 11 is 0. The Morgan fingerprint density at radius 1 is 1.32 bits per heavy atom. The van der Waals surface area contributed by atoms with Crippen molar-refractivity contribution in [3.05, 3.63) is 23.8 Å². The van der Waals surface area contributed by atoms with Gasteiger partial charge < -0.3 is 9.47 Å². The lowest BCUT2D eigenvalue weighted by atomic mass is 10.0. The normalized spacial score (nSPS) is 18.2. The summed E-state index contributed by atoms with van der Waals surface area (Å²) in [4.78, 5) is 11.6. The molecule has 1 heterocycles. The zero-order chi connectivity index (χ0) is 14.0. The van der Waals surface area contributed by atoms with E-state index in [1.807, 2.05) is 25.1 Å². The van der Waals surface area contributed by atoms with Gasteiger partial charge in [0.2, 0.25) is 5.91 Å². The maximum atomic E-state index is 11.6. The van der Waals surface area contributed by atoms with Gasteiger partial charge in [0.05, 0.1) is 20.3 Å². The van der Waals surface area contributed by atoms with E-state index < -0.39 is 0 Å². The van der Waals surface area contributed by atoms with E-state index in [9.17, 15) is 4.79 Å². The Morgan fingerprint density at radius 3 is 2.58 bits per heavy atom. The first-order valence-corrected chi connectivity index (χ1v) is 6.12. The van der Waals surface area contributed by atoms with Crippen LogP contribution in [-0.2, 0) is 4.79 Å². The average molecular weight is 262 g/mol. The van der Waals surface area contributed by atoms with Crippen LogP contribution < -0.4 is 9.47 Å². The molecule has 0 unspecified atom stereocenters. The van der Waals surface area contributed by atoms with E-state index in [2.05, 4.69) is 5.10 Å². The van der Waals surface area contributed by atoms with Crippen LogP contribution >= 0.6 is 0 Å². The smallest absolute Gasteiger partial charge is 0.240 e. The van der Waals surface area contributed by atoms with Crippen LogP contribution in [0.3, 0.4) is 0 Å². The van der Waals surface area contributed by atoms with E-state index in [0.717, 1.165) is 17.7 Å². The highest BCUT2D eigenvalue weighted by Gasteiger charge is 2.29. The number of nitrogens with zero attached hydrogens (tertiary/aromatic N) is 2. The molecule has 5 heteroatoms. The molecule has 19 heavy (non-hydrogen) atoms. The zero-order valence-electron chi connectivity index (χ0n) is 11.6. The second-order valence-corrected chi connectivity index (χ2v) is 4.53. The number of carbonyl (C=O) groups is 1. The molecule has 0 saturated carbocycles. The summed E-state index contributed by atoms with van der Waals surface area (Å²) in [6.45, 7) is 3.45. The molecule has 1 atom stereocenters. The van der Waals surface area contributed by atoms with Crippen molar-refractivity contribution >= 4 is 11.6 Å². The van der Waals surface area contributed by atoms with Gasteiger partial charge in [0.15, 0.2) is 11.5 Å². The number of rotatable bonds is 3. The summed E-state index contributed by atoms with van der Waals surface area (Å²) in [6, 6.07) is 5.63. The zero-order valence-corrected chi connectivity index (χ0v) is 11.6. The minimum absolute atomic E-state index is 0.0580. The fourth-order valence-electron chi connectivity index (χ4n) is 2.27. The van der Waals surface area contributed by atoms with Gasteiger partial charge in [0.25, 0.3) is 0 Å². The summed E-state index contributed by atoms with van der Waals surface area (Å²) < 4.78 is 10.5. The lowest BCUT2D eigenvalue weighted by Crippen LogP contribution is -2.24. The monoisotopic (exact) mass is 262 g/mol. The number of hydrogen-bond donors (Lipinski definition) is 0. The molecule has 1 amide bonds. The molecule has 0 N–H and O–H groups in total. The predicted molar refractivity (Wildman–Crippen MR) is 72.5 cm³/mol. The Hall–Kier alpha value is -2.04. The van der Waals surface area contributed by atoms with Gasteiger partial charge in [-0.25, -0.2) is 5.01 Å². The molecule has 1 aromatic rings. The Morgan fingerprint density at radius 2 is 2.00 bits per heavy atom. The third kappa shape index (κ3) is 2.54. The highest BCUT2D eigenvalue weighted by Crippen LogP contribution is 2.36. The van der Waals surface area contributed by atoms with Crippen LogP contribution in [0.4, 0.5) is 0 Å². The number of hydrazone groups is 1. The third-order valence-corrected chi connectivity index (χ3v) is 3.18. The summed E-state index contributed by atoms with van der Waals surface area (Å²) in [5.74, 6) is 1.28. The Kier molecular flexibility index (Phi) is 3.74. The maximum Gasteiger partial charge on any atom is 0.240 e. The standard InChI is InChI=1S/C14H18N2O3/c1-9-7-12(16(15-9)10(2)17)11-5-6-13(18-3)14(8-11)19-4/h5-6,8,12H,7H2,1-4H3/t12-/m0/s1. The van der Waals surface area contributed by atoms with Gasteiger partial charge in [-0.2, -0.15) is 5.10 Å². The molecule has 0 aliphatic carbocycles. The van der Waals surface area contributed by atoms with Gasteiger partial charge in [0.1, 0.15) is 0 Å². The second-order valence-electron chi connectivity index (χ2n) is 4.53. The molecule has 1 aliphatic rings. The second kappa shape index (κ2) is 5.30. The Balaban J connectivity index is 2.34. The van der Waals surface area contributed by atoms with Crippen LogP contribution in [0.25, 0.3) is 0 Å². The number of hydrogen-bond acceptors (Lipinski definition) is 4. The van der Waals surface area contributed by atoms with E-state index in [4.69, 9.17) is 9.47 Å². The van der Waals surface area contributed by atoms with Crippen molar-refractivity contribution < 1.29 is 14.3 Å². The lowest BCUT2D eigenvalue weighted by molar-refractivity contribution is -0.130. The van der Waals surface area contributed by atoms with Gasteiger partial charge in [-0.3, -0.25) is 4.79 Å². The third-order valence-electron chi connectivity index (χ3n) is 3.18. The van der Waals surface area contributed by atoms with Crippen LogP contribution in [0.2, 0.25) is 0 Å². The van der Waals surface area contributed by atoms with Crippen LogP contribution in [0.5, 0.6) is 11.5 Å². The predicted octanol–water partition coefficient (Wildman–Crippen LogP) is 2.37. The number of ether oxygens (including phenoxy) is 2. The van der Waals surface area contributed by atoms with E-state index >= 15 is 0 Å². The largest absolute Gasteiger partial charge is 0.493 e. The Labute approximate surface area is 112 Å². The van der Waals surface area contributed by atoms with Crippen molar-refractivity contribution in [3.63, 3.8) is 0 Å². The van der Waals surface area contributed by atoms with Gasteiger partial charge in [-0.1, -0.05) is 6.07 Å². The van der Waals surface area contributed by atoms with Gasteiger partial charge in [-0.05, 0) is 24.6 Å². The summed E-state index contributed by atoms with van der Waals surface area (Å²) in [6.07, 6.45) is 0.745. The number of methoxy groups -OCH3 is 2. The van der Waals surface area contributed by atoms with Gasteiger partial charge >= 0.3 is 0 Å². The molecule has 0 fully saturated rings. The van der Waals surface area contributed by atoms with Crippen molar-refractivity contribution in [1.29, 1.82) is 0 Å². The molecule has 0 bridgehead atoms. The summed E-state index contributed by atoms with van der Waals surface area (Å²) in [7, 11) is 3.20. The molecule has 1 aliphatic heterocycles. The highest BCUT2D eigenvalue weighted by atomic mass is 16.5. The molecular weight excluding hydrogens is 244 g/mol. The van der Waals surface area contributed by atoms with Crippen LogP contribution in [-0.4, -0.2) is 30.8 Å². The van der Waals surface area contributed by atoms with Crippen molar-refractivity contribution in [2.45, 2.75) is 26.3 Å². The first kappa shape index (κ1) is 13.4. The molecule has 2 rings (SSSR count). The molecule has 0 radical (unpaired) electrons. The molecule has 0 spiro atoms. The molecule has 1 aromatic carbocycles. The van der Waals surface area contributed by atoms with Crippen molar-refractivity contribution in [3.8, 4) is 11.5 Å². The van der Waals surface area contributed by atoms with Gasteiger partial charge in [0, 0.05) is 19.1 Å². The molecule has 102 valence electrons. The van der Waals surface area contributed by atoms with Crippen molar-refractivity contribution in [2.75, 3.05) is 14.2 Å². The van der Waals surface area contributed by atoms with Crippen LogP contribution in [0, 0.1) is 0 Å². The van der Waals surface area contributed by atoms with E-state index in [1.54, 1.807) is 14.2 Å². The van der Waals surface area contributed by atoms with E-state index in [-0.39, 0.29) is 11.9 Å². The number of amides is 1. The summed E-state index contributed by atoms with van der Waals surface area (Å²) in [5.41, 5.74) is 1.95. The minimum atomic E-state index is -0.0587. The first-order valence-electron chi connectivity index (χ1n) is 6.12. The fourth-order valence-corrected chi connectivity index (χ4v) is 2.27. The van der Waals surface area contributed by atoms with E-state index in [1.165, 1.54) is 11.9 Å². The first-order chi connectivity index (χ1) is 9.06. The lowest BCUT2D eigenvalue weighted by Gasteiger charge is -2.21. The van der Waals surface area contributed by atoms with Crippen LogP contribution in [0.1, 0.15) is 31.9 Å². The molecule has 0 saturated heterocycles. The van der Waals surface area contributed by atoms with Crippen LogP contribution in [0.15, 0.2) is 23.3 Å². The van der Waals surface area contributed by atoms with Crippen molar-refractivity contribution in [2.24, 2.45) is 5.10 Å². The molecule has 5 nitrogen and oxygen atoms in total. The summed E-state index contributed by atoms with van der Waals surface area (Å²) in [5, 5.41) is 5.80.